The Morgan fingerprint density at radius 3 is 1.65 bits per heavy atom. The van der Waals surface area contributed by atoms with Gasteiger partial charge in [-0.2, -0.15) is 0 Å². The Bertz CT molecular complexity index is 2960. The number of allylic oxidation sites excluding steroid dienone is 6. The standard InChI is InChI=1S/C42H18F4N4O2S3/c1-49-31(16-47)34-20-12-27(43)29(45)14-22(20)37(51)24(34)8-18-10-26-39(53-18)41-36(42(26)6-4-3-5-7-42)40-33(55-41)11-19(54-40)9-25-35(32(17-48)50-2)21-13-28(44)30(46)15-23(21)38(25)52/h8-15H,3-7H2/b24-8-,25-9-,34-31+,35-32?. The number of hydrogen-bond donors (Lipinski definition) is 0. The molecule has 1 saturated carbocycles. The van der Waals surface area contributed by atoms with Crippen LogP contribution in [0.2, 0.25) is 0 Å². The van der Waals surface area contributed by atoms with E-state index in [1.165, 1.54) is 28.2 Å². The predicted octanol–water partition coefficient (Wildman–Crippen LogP) is 11.7. The summed E-state index contributed by atoms with van der Waals surface area (Å²) in [6.07, 6.45) is 7.91. The summed E-state index contributed by atoms with van der Waals surface area (Å²) in [7, 11) is 0. The lowest BCUT2D eigenvalue weighted by molar-refractivity contribution is 0.103. The SMILES string of the molecule is [C-]#[N+]C(C#N)=C1/C(=C/c2cc3sc4c(c3s2)C2(CCCCC2)c2cc(/C=C3\C(=O)c5cc(F)c(F)cc5\C3=C(\C#N)[N+]#[C-])sc2-4)C(=O)c2cc(F)c(F)cc21. The molecule has 1 spiro atoms. The van der Waals surface area contributed by atoms with Crippen molar-refractivity contribution in [2.24, 2.45) is 0 Å². The molecular formula is C42H18F4N4O2S3. The summed E-state index contributed by atoms with van der Waals surface area (Å²) >= 11 is 4.50. The van der Waals surface area contributed by atoms with Crippen molar-refractivity contribution < 1.29 is 27.2 Å². The summed E-state index contributed by atoms with van der Waals surface area (Å²) in [5, 5.41) is 19.5. The first-order valence-corrected chi connectivity index (χ1v) is 19.3. The van der Waals surface area contributed by atoms with Crippen LogP contribution in [-0.2, 0) is 5.41 Å². The molecule has 5 aromatic rings. The predicted molar refractivity (Wildman–Crippen MR) is 202 cm³/mol. The molecule has 13 heteroatoms. The zero-order valence-corrected chi connectivity index (χ0v) is 30.4. The first-order valence-electron chi connectivity index (χ1n) is 16.8. The minimum Gasteiger partial charge on any atom is -0.289 e. The summed E-state index contributed by atoms with van der Waals surface area (Å²) in [5.41, 5.74) is 0.895. The highest BCUT2D eigenvalue weighted by molar-refractivity contribution is 7.32. The van der Waals surface area contributed by atoms with Crippen molar-refractivity contribution in [2.45, 2.75) is 37.5 Å². The second-order valence-electron chi connectivity index (χ2n) is 13.5. The van der Waals surface area contributed by atoms with Gasteiger partial charge in [0.2, 0.25) is 0 Å². The maximum atomic E-state index is 14.4. The van der Waals surface area contributed by atoms with Gasteiger partial charge in [0, 0.05) is 63.7 Å². The number of halogens is 4. The van der Waals surface area contributed by atoms with Crippen LogP contribution in [0.5, 0.6) is 0 Å². The largest absolute Gasteiger partial charge is 0.289 e. The number of hydrogen-bond acceptors (Lipinski definition) is 7. The van der Waals surface area contributed by atoms with Crippen molar-refractivity contribution in [3.63, 3.8) is 0 Å². The van der Waals surface area contributed by atoms with Gasteiger partial charge in [-0.05, 0) is 78.1 Å². The highest BCUT2D eigenvalue weighted by atomic mass is 32.1. The molecule has 1 fully saturated rings. The summed E-state index contributed by atoms with van der Waals surface area (Å²) in [4.78, 5) is 37.3. The Morgan fingerprint density at radius 2 is 1.16 bits per heavy atom. The van der Waals surface area contributed by atoms with E-state index in [9.17, 15) is 37.7 Å². The van der Waals surface area contributed by atoms with Crippen molar-refractivity contribution in [3.05, 3.63) is 148 Å². The second-order valence-corrected chi connectivity index (χ2v) is 16.7. The number of carbonyl (C=O) groups is 2. The number of rotatable bonds is 2. The third-order valence-corrected chi connectivity index (χ3v) is 14.3. The smallest absolute Gasteiger partial charge is 0.270 e. The highest BCUT2D eigenvalue weighted by Gasteiger charge is 2.48. The van der Waals surface area contributed by atoms with Crippen LogP contribution in [0, 0.1) is 59.1 Å². The van der Waals surface area contributed by atoms with Gasteiger partial charge in [-0.3, -0.25) is 9.59 Å². The first kappa shape index (κ1) is 34.5. The van der Waals surface area contributed by atoms with E-state index in [-0.39, 0.29) is 50.0 Å². The van der Waals surface area contributed by atoms with Crippen LogP contribution < -0.4 is 0 Å². The van der Waals surface area contributed by atoms with E-state index in [0.29, 0.717) is 9.75 Å². The highest BCUT2D eigenvalue weighted by Crippen LogP contribution is 2.64. The zero-order chi connectivity index (χ0) is 38.5. The van der Waals surface area contributed by atoms with Gasteiger partial charge in [-0.1, -0.05) is 19.3 Å². The third kappa shape index (κ3) is 4.84. The van der Waals surface area contributed by atoms with Crippen LogP contribution in [0.25, 0.3) is 52.1 Å². The fraction of sp³-hybridized carbons (Fsp3) is 0.143. The van der Waals surface area contributed by atoms with Gasteiger partial charge < -0.3 is 0 Å². The van der Waals surface area contributed by atoms with Gasteiger partial charge in [0.15, 0.2) is 34.8 Å². The van der Waals surface area contributed by atoms with Crippen molar-refractivity contribution in [1.29, 1.82) is 10.5 Å². The number of ketones is 2. The van der Waals surface area contributed by atoms with Crippen LogP contribution in [0.15, 0.2) is 58.9 Å². The van der Waals surface area contributed by atoms with E-state index in [0.717, 1.165) is 81.1 Å². The fourth-order valence-electron chi connectivity index (χ4n) is 8.42. The van der Waals surface area contributed by atoms with E-state index < -0.39 is 46.2 Å². The molecule has 9 rings (SSSR count). The van der Waals surface area contributed by atoms with Crippen molar-refractivity contribution in [2.75, 3.05) is 0 Å². The minimum absolute atomic E-state index is 0.00128. The molecule has 0 aliphatic heterocycles. The quantitative estimate of drug-likeness (QED) is 0.0772. The van der Waals surface area contributed by atoms with Gasteiger partial charge in [-0.25, -0.2) is 37.8 Å². The lowest BCUT2D eigenvalue weighted by Crippen LogP contribution is -2.27. The Labute approximate surface area is 322 Å². The molecule has 6 nitrogen and oxygen atoms in total. The van der Waals surface area contributed by atoms with Gasteiger partial charge in [0.1, 0.15) is 0 Å². The fourth-order valence-corrected chi connectivity index (χ4v) is 12.6. The van der Waals surface area contributed by atoms with E-state index in [1.807, 2.05) is 18.2 Å². The average molecular weight is 783 g/mol. The molecule has 0 radical (unpaired) electrons. The number of nitrogens with zero attached hydrogens (tertiary/aromatic N) is 4. The molecule has 0 saturated heterocycles. The number of benzene rings is 2. The average Bonchev–Trinajstić information content (AvgIpc) is 3.99. The molecule has 0 unspecified atom stereocenters. The molecular weight excluding hydrogens is 765 g/mol. The molecule has 55 heavy (non-hydrogen) atoms. The number of fused-ring (bicyclic) bond motifs is 9. The lowest BCUT2D eigenvalue weighted by Gasteiger charge is -2.35. The molecule has 3 heterocycles. The van der Waals surface area contributed by atoms with Crippen molar-refractivity contribution >= 4 is 78.3 Å². The Kier molecular flexibility index (Phi) is 7.80. The van der Waals surface area contributed by atoms with Crippen LogP contribution in [0.1, 0.15) is 84.8 Å². The zero-order valence-electron chi connectivity index (χ0n) is 28.0. The lowest BCUT2D eigenvalue weighted by atomic mass is 9.68. The van der Waals surface area contributed by atoms with Crippen molar-refractivity contribution in [1.82, 2.24) is 0 Å². The summed E-state index contributed by atoms with van der Waals surface area (Å²) in [5.74, 6) is -6.00. The van der Waals surface area contributed by atoms with Gasteiger partial charge in [0.05, 0.1) is 34.9 Å². The normalized spacial score (nSPS) is 19.6. The van der Waals surface area contributed by atoms with E-state index in [2.05, 4.69) is 9.69 Å². The molecule has 3 aromatic heterocycles. The second kappa shape index (κ2) is 12.4. The van der Waals surface area contributed by atoms with E-state index >= 15 is 0 Å². The van der Waals surface area contributed by atoms with Crippen LogP contribution in [0.4, 0.5) is 17.6 Å². The van der Waals surface area contributed by atoms with E-state index in [1.54, 1.807) is 29.6 Å². The monoisotopic (exact) mass is 782 g/mol. The summed E-state index contributed by atoms with van der Waals surface area (Å²) in [6, 6.07) is 10.9. The van der Waals surface area contributed by atoms with Gasteiger partial charge in [-0.15, -0.1) is 34.0 Å². The Balaban J connectivity index is 1.18. The summed E-state index contributed by atoms with van der Waals surface area (Å²) in [6.45, 7) is 15.1. The molecule has 0 amide bonds. The maximum Gasteiger partial charge on any atom is 0.270 e. The molecule has 264 valence electrons. The van der Waals surface area contributed by atoms with Crippen LogP contribution in [-0.4, -0.2) is 11.6 Å². The molecule has 4 aliphatic rings. The third-order valence-electron chi connectivity index (χ3n) is 10.7. The molecule has 0 atom stereocenters. The Morgan fingerprint density at radius 1 is 0.673 bits per heavy atom. The number of nitriles is 2. The van der Waals surface area contributed by atoms with Crippen LogP contribution in [0.3, 0.4) is 0 Å². The Hall–Kier alpha value is -6.22. The number of carbonyl (C=O) groups excluding carboxylic acids is 2. The van der Waals surface area contributed by atoms with Gasteiger partial charge in [0.25, 0.3) is 11.4 Å². The number of Topliss-reactive ketones (excluding diaryl/α,β-unsaturated/α-hetero) is 2. The van der Waals surface area contributed by atoms with Gasteiger partial charge >= 0.3 is 0 Å². The molecule has 0 N–H and O–H groups in total. The molecule has 0 bridgehead atoms. The van der Waals surface area contributed by atoms with Crippen molar-refractivity contribution in [3.8, 4) is 21.9 Å². The molecule has 4 aliphatic carbocycles. The minimum atomic E-state index is -1.20. The topological polar surface area (TPSA) is 90.4 Å². The summed E-state index contributed by atoms with van der Waals surface area (Å²) < 4.78 is 59.2. The molecule has 2 aromatic carbocycles. The number of thiophene rings is 3. The first-order chi connectivity index (χ1) is 26.5. The van der Waals surface area contributed by atoms with Crippen LogP contribution >= 0.6 is 34.0 Å². The maximum absolute atomic E-state index is 14.4. The van der Waals surface area contributed by atoms with E-state index in [4.69, 9.17) is 13.1 Å².